The minimum absolute atomic E-state index is 0.0261. The Kier molecular flexibility index (Phi) is 4.74. The minimum atomic E-state index is -0.339. The number of carbonyl (C=O) groups excluding carboxylic acids is 1. The van der Waals surface area contributed by atoms with Gasteiger partial charge in [-0.2, -0.15) is 0 Å². The van der Waals surface area contributed by atoms with E-state index in [4.69, 9.17) is 4.74 Å². The second kappa shape index (κ2) is 6.90. The Labute approximate surface area is 169 Å². The summed E-state index contributed by atoms with van der Waals surface area (Å²) in [4.78, 5) is 15.6. The van der Waals surface area contributed by atoms with Crippen LogP contribution in [0.3, 0.4) is 0 Å². The maximum atomic E-state index is 12.8. The number of aromatic hydroxyl groups is 1. The van der Waals surface area contributed by atoms with Crippen LogP contribution >= 0.6 is 33.9 Å². The second-order valence-corrected chi connectivity index (χ2v) is 8.94. The molecule has 26 heavy (non-hydrogen) atoms. The third-order valence-corrected chi connectivity index (χ3v) is 6.80. The number of ether oxygens (including phenoxy) is 1. The number of benzene rings is 1. The van der Waals surface area contributed by atoms with Crippen LogP contribution in [0.15, 0.2) is 12.1 Å². The molecular formula is C18H21IN3O3S+. The maximum absolute atomic E-state index is 12.8. The Bertz CT molecular complexity index is 883. The largest absolute Gasteiger partial charge is 0.504 e. The van der Waals surface area contributed by atoms with Crippen molar-refractivity contribution in [2.24, 2.45) is 0 Å². The molecular weight excluding hydrogens is 465 g/mol. The van der Waals surface area contributed by atoms with Crippen molar-refractivity contribution >= 4 is 44.8 Å². The van der Waals surface area contributed by atoms with Crippen LogP contribution in [0.1, 0.15) is 39.5 Å². The monoisotopic (exact) mass is 486 g/mol. The number of anilines is 1. The highest BCUT2D eigenvalue weighted by Gasteiger charge is 2.34. The van der Waals surface area contributed by atoms with Gasteiger partial charge in [-0.3, -0.25) is 4.79 Å². The Morgan fingerprint density at radius 1 is 1.42 bits per heavy atom. The molecule has 2 aliphatic rings. The smallest absolute Gasteiger partial charge is 0.256 e. The van der Waals surface area contributed by atoms with E-state index in [1.54, 1.807) is 17.4 Å². The van der Waals surface area contributed by atoms with Crippen LogP contribution in [0.4, 0.5) is 5.00 Å². The number of thiophene rings is 1. The number of hydrogen-bond acceptors (Lipinski definition) is 5. The van der Waals surface area contributed by atoms with E-state index in [9.17, 15) is 9.90 Å². The molecule has 0 radical (unpaired) electrons. The number of likely N-dealkylation sites (N-methyl/N-ethyl adjacent to an activating group) is 1. The van der Waals surface area contributed by atoms with Crippen LogP contribution in [-0.4, -0.2) is 31.2 Å². The molecule has 1 aromatic heterocycles. The predicted octanol–water partition coefficient (Wildman–Crippen LogP) is 1.88. The van der Waals surface area contributed by atoms with Gasteiger partial charge in [-0.05, 0) is 52.8 Å². The number of quaternary nitrogens is 1. The minimum Gasteiger partial charge on any atom is -0.504 e. The fraction of sp³-hybridized carbons (Fsp3) is 0.389. The highest BCUT2D eigenvalue weighted by atomic mass is 127. The lowest BCUT2D eigenvalue weighted by atomic mass is 10.0. The van der Waals surface area contributed by atoms with Crippen molar-refractivity contribution in [3.8, 4) is 11.5 Å². The molecule has 2 aliphatic heterocycles. The van der Waals surface area contributed by atoms with Crippen LogP contribution < -0.4 is 20.3 Å². The summed E-state index contributed by atoms with van der Waals surface area (Å²) in [5.74, 6) is 0.547. The molecule has 138 valence electrons. The van der Waals surface area contributed by atoms with Crippen molar-refractivity contribution in [1.82, 2.24) is 5.32 Å². The molecule has 4 N–H and O–H groups in total. The van der Waals surface area contributed by atoms with E-state index >= 15 is 0 Å². The Hall–Kier alpha value is -1.52. The third-order valence-electron chi connectivity index (χ3n) is 4.82. The summed E-state index contributed by atoms with van der Waals surface area (Å²) in [6.45, 7) is 4.37. The van der Waals surface area contributed by atoms with Crippen LogP contribution in [0.25, 0.3) is 0 Å². The van der Waals surface area contributed by atoms with Crippen molar-refractivity contribution in [2.45, 2.75) is 26.1 Å². The van der Waals surface area contributed by atoms with Gasteiger partial charge in [-0.15, -0.1) is 11.3 Å². The van der Waals surface area contributed by atoms with Gasteiger partial charge in [-0.25, -0.2) is 0 Å². The van der Waals surface area contributed by atoms with Crippen molar-refractivity contribution in [3.63, 3.8) is 0 Å². The quantitative estimate of drug-likeness (QED) is 0.500. The Morgan fingerprint density at radius 2 is 2.23 bits per heavy atom. The fourth-order valence-electron chi connectivity index (χ4n) is 3.53. The maximum Gasteiger partial charge on any atom is 0.256 e. The molecule has 0 saturated heterocycles. The topological polar surface area (TPSA) is 75.0 Å². The zero-order chi connectivity index (χ0) is 18.4. The van der Waals surface area contributed by atoms with Gasteiger partial charge < -0.3 is 25.4 Å². The van der Waals surface area contributed by atoms with Crippen LogP contribution in [0, 0.1) is 3.57 Å². The van der Waals surface area contributed by atoms with Gasteiger partial charge in [0.25, 0.3) is 5.91 Å². The predicted molar refractivity (Wildman–Crippen MR) is 109 cm³/mol. The van der Waals surface area contributed by atoms with Gasteiger partial charge in [0.2, 0.25) is 0 Å². The molecule has 0 aliphatic carbocycles. The molecule has 8 heteroatoms. The van der Waals surface area contributed by atoms with Gasteiger partial charge in [0.1, 0.15) is 17.7 Å². The van der Waals surface area contributed by atoms with Gasteiger partial charge in [-0.1, -0.05) is 0 Å². The summed E-state index contributed by atoms with van der Waals surface area (Å²) < 4.78 is 6.22. The summed E-state index contributed by atoms with van der Waals surface area (Å²) in [6.07, 6.45) is 0.603. The first-order valence-electron chi connectivity index (χ1n) is 8.66. The first-order chi connectivity index (χ1) is 12.5. The zero-order valence-electron chi connectivity index (χ0n) is 14.6. The van der Waals surface area contributed by atoms with E-state index in [1.165, 1.54) is 15.3 Å². The molecule has 1 unspecified atom stereocenters. The fourth-order valence-corrected chi connectivity index (χ4v) is 5.54. The lowest BCUT2D eigenvalue weighted by Gasteiger charge is -2.27. The van der Waals surface area contributed by atoms with E-state index in [0.717, 1.165) is 35.6 Å². The molecule has 0 fully saturated rings. The van der Waals surface area contributed by atoms with Crippen LogP contribution in [0.5, 0.6) is 11.5 Å². The van der Waals surface area contributed by atoms with Gasteiger partial charge >= 0.3 is 0 Å². The molecule has 1 aromatic carbocycles. The molecule has 1 amide bonds. The average Bonchev–Trinajstić information content (AvgIpc) is 2.96. The number of amides is 1. The summed E-state index contributed by atoms with van der Waals surface area (Å²) in [7, 11) is 2.19. The van der Waals surface area contributed by atoms with E-state index in [0.29, 0.717) is 15.9 Å². The molecule has 2 aromatic rings. The van der Waals surface area contributed by atoms with Crippen molar-refractivity contribution in [2.75, 3.05) is 25.5 Å². The molecule has 4 rings (SSSR count). The SMILES string of the molecule is CCOc1cc([C@H]2NC(=O)c3c(sc4c3CC[NH+](C)C4)N2)cc(I)c1O. The Morgan fingerprint density at radius 3 is 3.00 bits per heavy atom. The van der Waals surface area contributed by atoms with Crippen molar-refractivity contribution < 1.29 is 19.5 Å². The molecule has 2 atom stereocenters. The first-order valence-corrected chi connectivity index (χ1v) is 10.6. The van der Waals surface area contributed by atoms with E-state index in [1.807, 2.05) is 13.0 Å². The standard InChI is InChI=1S/C18H20IN3O3S/c1-3-25-12-7-9(6-11(19)15(12)23)16-20-17(24)14-10-4-5-22(2)8-13(10)26-18(14)21-16/h6-7,16,21,23H,3-5,8H2,1-2H3,(H,20,24)/p+1/t16-/m0/s1. The number of halogens is 1. The number of nitrogens with one attached hydrogen (secondary N) is 3. The lowest BCUT2D eigenvalue weighted by molar-refractivity contribution is -0.895. The number of hydrogen-bond donors (Lipinski definition) is 4. The van der Waals surface area contributed by atoms with Crippen molar-refractivity contribution in [1.29, 1.82) is 0 Å². The number of phenolic OH excluding ortho intramolecular Hbond substituents is 1. The number of rotatable bonds is 3. The van der Waals surface area contributed by atoms with Gasteiger partial charge in [0.15, 0.2) is 11.5 Å². The molecule has 3 heterocycles. The molecule has 0 spiro atoms. The van der Waals surface area contributed by atoms with E-state index in [-0.39, 0.29) is 17.8 Å². The van der Waals surface area contributed by atoms with Crippen molar-refractivity contribution in [3.05, 3.63) is 37.3 Å². The van der Waals surface area contributed by atoms with Gasteiger partial charge in [0.05, 0.1) is 34.2 Å². The molecule has 0 bridgehead atoms. The molecule has 6 nitrogen and oxygen atoms in total. The highest BCUT2D eigenvalue weighted by molar-refractivity contribution is 14.1. The zero-order valence-corrected chi connectivity index (χ0v) is 17.6. The first kappa shape index (κ1) is 17.9. The number of carbonyl (C=O) groups is 1. The number of fused-ring (bicyclic) bond motifs is 3. The summed E-state index contributed by atoms with van der Waals surface area (Å²) in [5, 5.41) is 17.6. The van der Waals surface area contributed by atoms with Crippen LogP contribution in [0.2, 0.25) is 0 Å². The Balaban J connectivity index is 1.69. The third kappa shape index (κ3) is 3.03. The summed E-state index contributed by atoms with van der Waals surface area (Å²) in [6, 6.07) is 3.65. The molecule has 0 saturated carbocycles. The lowest BCUT2D eigenvalue weighted by Crippen LogP contribution is -3.08. The normalized spacial score (nSPS) is 21.4. The van der Waals surface area contributed by atoms with Crippen LogP contribution in [-0.2, 0) is 13.0 Å². The highest BCUT2D eigenvalue weighted by Crippen LogP contribution is 2.41. The summed E-state index contributed by atoms with van der Waals surface area (Å²) in [5.41, 5.74) is 2.88. The summed E-state index contributed by atoms with van der Waals surface area (Å²) >= 11 is 3.77. The second-order valence-electron chi connectivity index (χ2n) is 6.68. The average molecular weight is 486 g/mol. The van der Waals surface area contributed by atoms with E-state index in [2.05, 4.69) is 40.3 Å². The van der Waals surface area contributed by atoms with E-state index < -0.39 is 0 Å². The number of phenols is 1. The van der Waals surface area contributed by atoms with Gasteiger partial charge in [0, 0.05) is 6.42 Å².